The lowest BCUT2D eigenvalue weighted by Crippen LogP contribution is -2.38. The fourth-order valence-corrected chi connectivity index (χ4v) is 3.92. The Morgan fingerprint density at radius 3 is 2.57 bits per heavy atom. The maximum Gasteiger partial charge on any atom is 0.141 e. The number of halogens is 1. The monoisotopic (exact) mass is 410 g/mol. The molecule has 1 saturated heterocycles. The Morgan fingerprint density at radius 2 is 1.96 bits per heavy atom. The molecular weight excluding hydrogens is 376 g/mol. The lowest BCUT2D eigenvalue weighted by molar-refractivity contribution is -0.113. The van der Waals surface area contributed by atoms with Crippen molar-refractivity contribution in [1.29, 1.82) is 0 Å². The van der Waals surface area contributed by atoms with Crippen molar-refractivity contribution in [3.8, 4) is 0 Å². The fourth-order valence-electron chi connectivity index (χ4n) is 3.79. The van der Waals surface area contributed by atoms with Gasteiger partial charge in [-0.3, -0.25) is 4.90 Å². The number of carbonyl (C=O) groups excluding carboxylic acids is 1. The number of benzene rings is 1. The van der Waals surface area contributed by atoms with Gasteiger partial charge in [0.15, 0.2) is 0 Å². The maximum absolute atomic E-state index is 11.6. The molecule has 0 aliphatic carbocycles. The number of rotatable bonds is 13. The molecule has 1 N–H and O–H groups in total. The number of aliphatic hydroxyl groups excluding tert-OH is 1. The zero-order valence-corrected chi connectivity index (χ0v) is 17.8. The van der Waals surface area contributed by atoms with E-state index in [2.05, 4.69) is 16.7 Å². The number of hydrogen-bond acceptors (Lipinski definition) is 5. The number of piperidine rings is 1. The predicted octanol–water partition coefficient (Wildman–Crippen LogP) is 3.40. The molecule has 158 valence electrons. The zero-order valence-electron chi connectivity index (χ0n) is 17.1. The van der Waals surface area contributed by atoms with Crippen molar-refractivity contribution >= 4 is 17.9 Å². The molecule has 0 bridgehead atoms. The third kappa shape index (κ3) is 7.80. The van der Waals surface area contributed by atoms with Crippen molar-refractivity contribution in [2.45, 2.75) is 38.6 Å². The third-order valence-electron chi connectivity index (χ3n) is 5.61. The number of unbranched alkanes of at least 4 members (excludes halogenated alkanes) is 1. The summed E-state index contributed by atoms with van der Waals surface area (Å²) in [4.78, 5) is 16.2. The summed E-state index contributed by atoms with van der Waals surface area (Å²) in [6, 6.07) is 7.39. The minimum absolute atomic E-state index is 0.181. The number of aldehydes is 1. The van der Waals surface area contributed by atoms with Crippen molar-refractivity contribution in [3.63, 3.8) is 0 Å². The molecule has 2 rings (SSSR count). The van der Waals surface area contributed by atoms with Crippen LogP contribution in [0.25, 0.3) is 0 Å². The van der Waals surface area contributed by atoms with Crippen molar-refractivity contribution in [2.24, 2.45) is 5.92 Å². The van der Waals surface area contributed by atoms with E-state index in [0.29, 0.717) is 10.9 Å². The maximum atomic E-state index is 11.6. The molecule has 1 atom stereocenters. The van der Waals surface area contributed by atoms with Gasteiger partial charge in [-0.15, -0.1) is 0 Å². The van der Waals surface area contributed by atoms with E-state index >= 15 is 0 Å². The molecule has 0 aromatic heterocycles. The predicted molar refractivity (Wildman–Crippen MR) is 114 cm³/mol. The standard InChI is InChI=1S/C22H35ClN2O3/c1-2-24(14-15-26)11-3-4-16-28-18-19-9-12-25(13-10-19)22(17-27)20-5-7-21(23)8-6-20/h5-8,17,19,22,26H,2-4,9-16,18H2,1H3. The smallest absolute Gasteiger partial charge is 0.141 e. The van der Waals surface area contributed by atoms with Gasteiger partial charge >= 0.3 is 0 Å². The highest BCUT2D eigenvalue weighted by Gasteiger charge is 2.25. The molecular formula is C22H35ClN2O3. The van der Waals surface area contributed by atoms with Gasteiger partial charge in [-0.25, -0.2) is 0 Å². The average molecular weight is 411 g/mol. The van der Waals surface area contributed by atoms with E-state index in [1.54, 1.807) is 0 Å². The zero-order chi connectivity index (χ0) is 20.2. The van der Waals surface area contributed by atoms with E-state index in [-0.39, 0.29) is 12.6 Å². The van der Waals surface area contributed by atoms with Crippen molar-refractivity contribution in [3.05, 3.63) is 34.9 Å². The van der Waals surface area contributed by atoms with Crippen LogP contribution in [0.5, 0.6) is 0 Å². The Labute approximate surface area is 174 Å². The van der Waals surface area contributed by atoms with Gasteiger partial charge in [0.25, 0.3) is 0 Å². The van der Waals surface area contributed by atoms with Crippen LogP contribution in [0.4, 0.5) is 0 Å². The Bertz CT molecular complexity index is 547. The van der Waals surface area contributed by atoms with Gasteiger partial charge < -0.3 is 19.5 Å². The molecule has 1 fully saturated rings. The summed E-state index contributed by atoms with van der Waals surface area (Å²) in [7, 11) is 0. The summed E-state index contributed by atoms with van der Waals surface area (Å²) >= 11 is 5.95. The number of carbonyl (C=O) groups is 1. The number of aliphatic hydroxyl groups is 1. The van der Waals surface area contributed by atoms with E-state index in [1.807, 2.05) is 24.3 Å². The SMILES string of the molecule is CCN(CCO)CCCCOCC1CCN(C(C=O)c2ccc(Cl)cc2)CC1. The molecule has 1 unspecified atom stereocenters. The van der Waals surface area contributed by atoms with Crippen LogP contribution < -0.4 is 0 Å². The van der Waals surface area contributed by atoms with Gasteiger partial charge in [-0.05, 0) is 75.5 Å². The van der Waals surface area contributed by atoms with E-state index in [1.165, 1.54) is 0 Å². The van der Waals surface area contributed by atoms with Gasteiger partial charge in [0.1, 0.15) is 6.29 Å². The van der Waals surface area contributed by atoms with Crippen LogP contribution in [0.3, 0.4) is 0 Å². The Balaban J connectivity index is 1.61. The Hall–Kier alpha value is -0.980. The number of likely N-dealkylation sites (tertiary alicyclic amines) is 1. The number of nitrogens with zero attached hydrogens (tertiary/aromatic N) is 2. The molecule has 0 saturated carbocycles. The minimum Gasteiger partial charge on any atom is -0.395 e. The molecule has 1 aliphatic heterocycles. The summed E-state index contributed by atoms with van der Waals surface area (Å²) in [6.07, 6.45) is 5.34. The molecule has 28 heavy (non-hydrogen) atoms. The van der Waals surface area contributed by atoms with E-state index in [9.17, 15) is 4.79 Å². The van der Waals surface area contributed by atoms with Crippen LogP contribution >= 0.6 is 11.6 Å². The number of ether oxygens (including phenoxy) is 1. The average Bonchev–Trinajstić information content (AvgIpc) is 2.72. The summed E-state index contributed by atoms with van der Waals surface area (Å²) in [5.74, 6) is 0.579. The Morgan fingerprint density at radius 1 is 1.25 bits per heavy atom. The second-order valence-corrected chi connectivity index (χ2v) is 7.99. The van der Waals surface area contributed by atoms with Crippen LogP contribution in [0.15, 0.2) is 24.3 Å². The van der Waals surface area contributed by atoms with E-state index < -0.39 is 0 Å². The second kappa shape index (κ2) is 13.3. The third-order valence-corrected chi connectivity index (χ3v) is 5.86. The second-order valence-electron chi connectivity index (χ2n) is 7.55. The van der Waals surface area contributed by atoms with Crippen molar-refractivity contribution in [1.82, 2.24) is 9.80 Å². The summed E-state index contributed by atoms with van der Waals surface area (Å²) < 4.78 is 5.90. The molecule has 0 spiro atoms. The Kier molecular flexibility index (Phi) is 11.1. The van der Waals surface area contributed by atoms with Crippen molar-refractivity contribution in [2.75, 3.05) is 52.5 Å². The quantitative estimate of drug-likeness (QED) is 0.399. The lowest BCUT2D eigenvalue weighted by atomic mass is 9.95. The molecule has 5 nitrogen and oxygen atoms in total. The highest BCUT2D eigenvalue weighted by molar-refractivity contribution is 6.30. The summed E-state index contributed by atoms with van der Waals surface area (Å²) in [6.45, 7) is 8.58. The van der Waals surface area contributed by atoms with Gasteiger partial charge in [0.2, 0.25) is 0 Å². The van der Waals surface area contributed by atoms with Gasteiger partial charge in [0, 0.05) is 24.8 Å². The van der Waals surface area contributed by atoms with Crippen LogP contribution in [0.1, 0.15) is 44.2 Å². The normalized spacial score (nSPS) is 17.1. The van der Waals surface area contributed by atoms with Gasteiger partial charge in [-0.1, -0.05) is 30.7 Å². The lowest BCUT2D eigenvalue weighted by Gasteiger charge is -2.35. The molecule has 6 heteroatoms. The first-order valence-electron chi connectivity index (χ1n) is 10.5. The van der Waals surface area contributed by atoms with E-state index in [4.69, 9.17) is 21.4 Å². The molecule has 1 aliphatic rings. The molecule has 0 amide bonds. The summed E-state index contributed by atoms with van der Waals surface area (Å²) in [5.41, 5.74) is 1.01. The first-order valence-corrected chi connectivity index (χ1v) is 10.9. The van der Waals surface area contributed by atoms with Crippen LogP contribution in [0.2, 0.25) is 5.02 Å². The molecule has 1 aromatic rings. The largest absolute Gasteiger partial charge is 0.395 e. The fraction of sp³-hybridized carbons (Fsp3) is 0.682. The van der Waals surface area contributed by atoms with Gasteiger partial charge in [0.05, 0.1) is 12.6 Å². The van der Waals surface area contributed by atoms with Gasteiger partial charge in [-0.2, -0.15) is 0 Å². The number of likely N-dealkylation sites (N-methyl/N-ethyl adjacent to an activating group) is 1. The molecule has 1 heterocycles. The molecule has 0 radical (unpaired) electrons. The number of hydrogen-bond donors (Lipinski definition) is 1. The van der Waals surface area contributed by atoms with Crippen LogP contribution in [0, 0.1) is 5.92 Å². The highest BCUT2D eigenvalue weighted by atomic mass is 35.5. The first kappa shape index (κ1) is 23.3. The molecule has 1 aromatic carbocycles. The minimum atomic E-state index is -0.181. The highest BCUT2D eigenvalue weighted by Crippen LogP contribution is 2.26. The van der Waals surface area contributed by atoms with Crippen LogP contribution in [-0.4, -0.2) is 73.7 Å². The topological polar surface area (TPSA) is 53.0 Å². The van der Waals surface area contributed by atoms with Crippen LogP contribution in [-0.2, 0) is 9.53 Å². The summed E-state index contributed by atoms with van der Waals surface area (Å²) in [5, 5.41) is 9.70. The van der Waals surface area contributed by atoms with E-state index in [0.717, 1.165) is 83.5 Å². The first-order chi connectivity index (χ1) is 13.7. The van der Waals surface area contributed by atoms with Crippen molar-refractivity contribution < 1.29 is 14.6 Å².